The Labute approximate surface area is 186 Å². The Balaban J connectivity index is 1.79. The molecule has 162 valence electrons. The Morgan fingerprint density at radius 2 is 1.38 bits per heavy atom. The molecule has 0 saturated carbocycles. The van der Waals surface area contributed by atoms with Crippen molar-refractivity contribution in [3.63, 3.8) is 0 Å². The van der Waals surface area contributed by atoms with Gasteiger partial charge in [-0.05, 0) is 59.2 Å². The monoisotopic (exact) mass is 458 g/mol. The zero-order valence-corrected chi connectivity index (χ0v) is 17.4. The summed E-state index contributed by atoms with van der Waals surface area (Å²) in [5, 5.41) is 0.214. The van der Waals surface area contributed by atoms with Gasteiger partial charge < -0.3 is 0 Å². The quantitative estimate of drug-likeness (QED) is 0.159. The molecule has 4 rings (SSSR count). The van der Waals surface area contributed by atoms with E-state index in [1.165, 1.54) is 6.07 Å². The molecule has 0 amide bonds. The Morgan fingerprint density at radius 1 is 0.750 bits per heavy atom. The molecule has 0 fully saturated rings. The standard InChI is InChI=1S/C26H16ClF5/c1-2-3-4-14-5-7-18-15(9-14)6-8-19(26(18)32)16-10-20(28)24(21(29)11-16)17-12-22(30)25(27)23(31)13-17/h2,5-13H,1,3-4H2. The second kappa shape index (κ2) is 8.75. The molecule has 0 spiro atoms. The van der Waals surface area contributed by atoms with Crippen molar-refractivity contribution in [1.29, 1.82) is 0 Å². The summed E-state index contributed by atoms with van der Waals surface area (Å²) in [6, 6.07) is 11.8. The molecule has 0 aliphatic carbocycles. The van der Waals surface area contributed by atoms with E-state index in [1.807, 2.05) is 6.07 Å². The van der Waals surface area contributed by atoms with Gasteiger partial charge in [0.25, 0.3) is 0 Å². The third kappa shape index (κ3) is 4.00. The first kappa shape index (κ1) is 22.0. The average Bonchev–Trinajstić information content (AvgIpc) is 2.75. The molecule has 0 unspecified atom stereocenters. The van der Waals surface area contributed by atoms with E-state index in [0.29, 0.717) is 10.8 Å². The fourth-order valence-corrected chi connectivity index (χ4v) is 3.80. The van der Waals surface area contributed by atoms with Gasteiger partial charge in [-0.1, -0.05) is 48.0 Å². The molecule has 4 aromatic rings. The molecule has 0 atom stereocenters. The normalized spacial score (nSPS) is 11.2. The molecule has 0 aliphatic heterocycles. The van der Waals surface area contributed by atoms with E-state index in [9.17, 15) is 17.6 Å². The molecule has 0 aromatic heterocycles. The fourth-order valence-electron chi connectivity index (χ4n) is 3.69. The van der Waals surface area contributed by atoms with Gasteiger partial charge in [-0.3, -0.25) is 0 Å². The van der Waals surface area contributed by atoms with Crippen molar-refractivity contribution < 1.29 is 22.0 Å². The molecule has 6 heteroatoms. The number of aryl methyl sites for hydroxylation is 1. The van der Waals surface area contributed by atoms with Crippen LogP contribution < -0.4 is 0 Å². The number of allylic oxidation sites excluding steroid dienone is 1. The Bertz CT molecular complexity index is 1310. The summed E-state index contributed by atoms with van der Waals surface area (Å²) in [6.07, 6.45) is 3.36. The lowest BCUT2D eigenvalue weighted by atomic mass is 9.95. The number of rotatable bonds is 5. The van der Waals surface area contributed by atoms with Crippen molar-refractivity contribution in [2.75, 3.05) is 0 Å². The Kier molecular flexibility index (Phi) is 6.02. The minimum absolute atomic E-state index is 0.00848. The first-order valence-electron chi connectivity index (χ1n) is 9.76. The van der Waals surface area contributed by atoms with Gasteiger partial charge in [-0.15, -0.1) is 6.58 Å². The van der Waals surface area contributed by atoms with Gasteiger partial charge in [0.1, 0.15) is 34.1 Å². The van der Waals surface area contributed by atoms with Gasteiger partial charge in [-0.2, -0.15) is 0 Å². The maximum Gasteiger partial charge on any atom is 0.145 e. The summed E-state index contributed by atoms with van der Waals surface area (Å²) in [5.74, 6) is -5.07. The van der Waals surface area contributed by atoms with Crippen LogP contribution >= 0.6 is 11.6 Å². The SMILES string of the molecule is C=CCCc1ccc2c(F)c(-c3cc(F)c(-c4cc(F)c(Cl)c(F)c4)c(F)c3)ccc2c1. The third-order valence-corrected chi connectivity index (χ3v) is 5.64. The molecule has 0 bridgehead atoms. The predicted molar refractivity (Wildman–Crippen MR) is 118 cm³/mol. The first-order valence-corrected chi connectivity index (χ1v) is 10.1. The van der Waals surface area contributed by atoms with Crippen LogP contribution in [0.5, 0.6) is 0 Å². The smallest absolute Gasteiger partial charge is 0.145 e. The summed E-state index contributed by atoms with van der Waals surface area (Å²) < 4.78 is 72.4. The van der Waals surface area contributed by atoms with Crippen molar-refractivity contribution in [2.24, 2.45) is 0 Å². The van der Waals surface area contributed by atoms with E-state index in [2.05, 4.69) is 6.58 Å². The van der Waals surface area contributed by atoms with Crippen LogP contribution in [0.2, 0.25) is 5.02 Å². The number of hydrogen-bond acceptors (Lipinski definition) is 0. The van der Waals surface area contributed by atoms with Crippen LogP contribution in [-0.2, 0) is 6.42 Å². The summed E-state index contributed by atoms with van der Waals surface area (Å²) in [6.45, 7) is 3.69. The lowest BCUT2D eigenvalue weighted by Crippen LogP contribution is -1.96. The Hall–Kier alpha value is -3.18. The second-order valence-corrected chi connectivity index (χ2v) is 7.76. The largest absolute Gasteiger partial charge is 0.206 e. The number of halogens is 6. The highest BCUT2D eigenvalue weighted by molar-refractivity contribution is 6.31. The van der Waals surface area contributed by atoms with Crippen LogP contribution in [-0.4, -0.2) is 0 Å². The van der Waals surface area contributed by atoms with Crippen molar-refractivity contribution >= 4 is 22.4 Å². The van der Waals surface area contributed by atoms with Crippen LogP contribution in [0.15, 0.2) is 67.3 Å². The third-order valence-electron chi connectivity index (χ3n) is 5.28. The van der Waals surface area contributed by atoms with Crippen LogP contribution in [0.4, 0.5) is 22.0 Å². The highest BCUT2D eigenvalue weighted by Gasteiger charge is 2.19. The molecule has 0 nitrogen and oxygen atoms in total. The first-order chi connectivity index (χ1) is 15.3. The predicted octanol–water partition coefficient (Wildman–Crippen LogP) is 8.64. The lowest BCUT2D eigenvalue weighted by molar-refractivity contribution is 0.579. The van der Waals surface area contributed by atoms with Gasteiger partial charge in [-0.25, -0.2) is 22.0 Å². The van der Waals surface area contributed by atoms with E-state index < -0.39 is 39.7 Å². The fraction of sp³-hybridized carbons (Fsp3) is 0.0769. The Morgan fingerprint density at radius 3 is 2.00 bits per heavy atom. The van der Waals surface area contributed by atoms with Crippen LogP contribution in [0, 0.1) is 29.1 Å². The second-order valence-electron chi connectivity index (χ2n) is 7.38. The average molecular weight is 459 g/mol. The summed E-state index contributed by atoms with van der Waals surface area (Å²) in [7, 11) is 0. The number of fused-ring (bicyclic) bond motifs is 1. The van der Waals surface area contributed by atoms with Crippen LogP contribution in [0.1, 0.15) is 12.0 Å². The van der Waals surface area contributed by atoms with E-state index in [0.717, 1.165) is 42.7 Å². The van der Waals surface area contributed by atoms with Crippen LogP contribution in [0.3, 0.4) is 0 Å². The maximum absolute atomic E-state index is 15.2. The van der Waals surface area contributed by atoms with Crippen LogP contribution in [0.25, 0.3) is 33.0 Å². The lowest BCUT2D eigenvalue weighted by Gasteiger charge is -2.12. The van der Waals surface area contributed by atoms with E-state index in [4.69, 9.17) is 11.6 Å². The van der Waals surface area contributed by atoms with E-state index in [1.54, 1.807) is 24.3 Å². The van der Waals surface area contributed by atoms with Gasteiger partial charge >= 0.3 is 0 Å². The minimum Gasteiger partial charge on any atom is -0.206 e. The van der Waals surface area contributed by atoms with Gasteiger partial charge in [0.05, 0.1) is 5.56 Å². The van der Waals surface area contributed by atoms with Gasteiger partial charge in [0.15, 0.2) is 0 Å². The number of benzene rings is 4. The summed E-state index contributed by atoms with van der Waals surface area (Å²) >= 11 is 5.44. The molecule has 0 N–H and O–H groups in total. The van der Waals surface area contributed by atoms with Crippen molar-refractivity contribution in [1.82, 2.24) is 0 Å². The zero-order valence-electron chi connectivity index (χ0n) is 16.7. The highest BCUT2D eigenvalue weighted by atomic mass is 35.5. The van der Waals surface area contributed by atoms with Gasteiger partial charge in [0, 0.05) is 10.9 Å². The maximum atomic E-state index is 15.2. The summed E-state index contributed by atoms with van der Waals surface area (Å²) in [4.78, 5) is 0. The molecule has 0 radical (unpaired) electrons. The summed E-state index contributed by atoms with van der Waals surface area (Å²) in [5.41, 5.74) is 0.0182. The molecule has 0 heterocycles. The molecular weight excluding hydrogens is 443 g/mol. The molecule has 32 heavy (non-hydrogen) atoms. The van der Waals surface area contributed by atoms with Crippen molar-refractivity contribution in [3.05, 3.63) is 107 Å². The van der Waals surface area contributed by atoms with Crippen molar-refractivity contribution in [2.45, 2.75) is 12.8 Å². The van der Waals surface area contributed by atoms with E-state index >= 15 is 4.39 Å². The topological polar surface area (TPSA) is 0 Å². The van der Waals surface area contributed by atoms with Crippen molar-refractivity contribution in [3.8, 4) is 22.3 Å². The molecular formula is C26H16ClF5. The minimum atomic E-state index is -1.14. The zero-order chi connectivity index (χ0) is 23.0. The van der Waals surface area contributed by atoms with E-state index in [-0.39, 0.29) is 16.7 Å². The number of hydrogen-bond donors (Lipinski definition) is 0. The van der Waals surface area contributed by atoms with Gasteiger partial charge in [0.2, 0.25) is 0 Å². The highest BCUT2D eigenvalue weighted by Crippen LogP contribution is 2.36. The molecule has 0 saturated heterocycles. The molecule has 4 aromatic carbocycles. The molecule has 0 aliphatic rings.